The summed E-state index contributed by atoms with van der Waals surface area (Å²) < 4.78 is 1.34. The van der Waals surface area contributed by atoms with E-state index in [0.717, 1.165) is 0 Å². The van der Waals surface area contributed by atoms with Crippen LogP contribution in [0.15, 0.2) is 4.79 Å². The minimum absolute atomic E-state index is 0.0278. The average molecular weight is 245 g/mol. The first-order valence-corrected chi connectivity index (χ1v) is 5.17. The maximum atomic E-state index is 11.9. The maximum Gasteiger partial charge on any atom is 0.267 e. The van der Waals surface area contributed by atoms with Crippen molar-refractivity contribution >= 4 is 17.5 Å². The highest BCUT2D eigenvalue weighted by molar-refractivity contribution is 6.33. The van der Waals surface area contributed by atoms with Crippen molar-refractivity contribution in [3.05, 3.63) is 26.6 Å². The van der Waals surface area contributed by atoms with E-state index in [-0.39, 0.29) is 10.6 Å². The van der Waals surface area contributed by atoms with Gasteiger partial charge in [0, 0.05) is 19.3 Å². The number of carbonyl (C=O) groups excluding carboxylic acids is 1. The second kappa shape index (κ2) is 4.57. The van der Waals surface area contributed by atoms with Gasteiger partial charge in [0.2, 0.25) is 0 Å². The van der Waals surface area contributed by atoms with Crippen LogP contribution in [-0.4, -0.2) is 22.6 Å². The quantitative estimate of drug-likeness (QED) is 0.812. The van der Waals surface area contributed by atoms with E-state index in [1.807, 2.05) is 0 Å². The molecule has 1 amide bonds. The second-order valence-electron chi connectivity index (χ2n) is 3.25. The molecule has 0 aliphatic carbocycles. The highest BCUT2D eigenvalue weighted by atomic mass is 35.5. The molecule has 1 rings (SSSR count). The number of halogens is 1. The zero-order chi connectivity index (χ0) is 12.5. The van der Waals surface area contributed by atoms with Crippen LogP contribution < -0.4 is 10.9 Å². The maximum absolute atomic E-state index is 11.9. The van der Waals surface area contributed by atoms with Gasteiger partial charge in [-0.1, -0.05) is 11.6 Å². The highest BCUT2D eigenvalue weighted by Gasteiger charge is 2.21. The Morgan fingerprint density at radius 1 is 1.56 bits per heavy atom. The van der Waals surface area contributed by atoms with Crippen molar-refractivity contribution in [3.63, 3.8) is 0 Å². The van der Waals surface area contributed by atoms with Crippen molar-refractivity contribution in [1.82, 2.24) is 9.88 Å². The lowest BCUT2D eigenvalue weighted by atomic mass is 10.2. The van der Waals surface area contributed by atoms with Gasteiger partial charge in [-0.15, -0.1) is 0 Å². The fourth-order valence-corrected chi connectivity index (χ4v) is 1.70. The third kappa shape index (κ3) is 1.78. The normalized spacial score (nSPS) is 10.2. The van der Waals surface area contributed by atoms with Gasteiger partial charge in [0.15, 0.2) is 5.75 Å². The Bertz CT molecular complexity index is 494. The van der Waals surface area contributed by atoms with E-state index >= 15 is 0 Å². The SMILES string of the molecule is CCn1c(C)c(Cl)c(O)c(C(=O)NC)c1=O. The van der Waals surface area contributed by atoms with Crippen LogP contribution in [0.5, 0.6) is 5.75 Å². The third-order valence-electron chi connectivity index (χ3n) is 2.40. The molecule has 0 saturated heterocycles. The third-order valence-corrected chi connectivity index (χ3v) is 2.85. The number of pyridine rings is 1. The van der Waals surface area contributed by atoms with E-state index in [9.17, 15) is 14.7 Å². The van der Waals surface area contributed by atoms with Gasteiger partial charge in [0.05, 0.1) is 0 Å². The van der Waals surface area contributed by atoms with E-state index in [1.54, 1.807) is 13.8 Å². The molecule has 0 aromatic carbocycles. The van der Waals surface area contributed by atoms with Crippen LogP contribution in [0.4, 0.5) is 0 Å². The molecule has 1 aromatic heterocycles. The van der Waals surface area contributed by atoms with Crippen LogP contribution in [0.25, 0.3) is 0 Å². The van der Waals surface area contributed by atoms with Gasteiger partial charge in [0.25, 0.3) is 11.5 Å². The summed E-state index contributed by atoms with van der Waals surface area (Å²) in [5.41, 5.74) is -0.416. The predicted molar refractivity (Wildman–Crippen MR) is 61.2 cm³/mol. The first kappa shape index (κ1) is 12.6. The highest BCUT2D eigenvalue weighted by Crippen LogP contribution is 2.28. The van der Waals surface area contributed by atoms with Gasteiger partial charge in [-0.25, -0.2) is 0 Å². The predicted octanol–water partition coefficient (Wildman–Crippen LogP) is 0.895. The number of rotatable bonds is 2. The van der Waals surface area contributed by atoms with Crippen LogP contribution in [0.3, 0.4) is 0 Å². The molecule has 88 valence electrons. The van der Waals surface area contributed by atoms with Crippen molar-refractivity contribution in [2.24, 2.45) is 0 Å². The van der Waals surface area contributed by atoms with E-state index < -0.39 is 17.2 Å². The molecule has 0 aliphatic rings. The Balaban J connectivity index is 3.69. The minimum atomic E-state index is -0.647. The van der Waals surface area contributed by atoms with E-state index in [1.165, 1.54) is 11.6 Å². The number of hydrogen-bond acceptors (Lipinski definition) is 3. The van der Waals surface area contributed by atoms with Gasteiger partial charge in [-0.3, -0.25) is 9.59 Å². The Morgan fingerprint density at radius 2 is 2.12 bits per heavy atom. The van der Waals surface area contributed by atoms with E-state index in [0.29, 0.717) is 12.2 Å². The zero-order valence-corrected chi connectivity index (χ0v) is 10.1. The summed E-state index contributed by atoms with van der Waals surface area (Å²) >= 11 is 5.85. The molecule has 0 spiro atoms. The summed E-state index contributed by atoms with van der Waals surface area (Å²) in [7, 11) is 1.38. The van der Waals surface area contributed by atoms with Crippen LogP contribution in [0.1, 0.15) is 23.0 Å². The summed E-state index contributed by atoms with van der Waals surface area (Å²) in [4.78, 5) is 23.3. The fourth-order valence-electron chi connectivity index (χ4n) is 1.50. The largest absolute Gasteiger partial charge is 0.505 e. The number of nitrogens with one attached hydrogen (secondary N) is 1. The standard InChI is InChI=1S/C10H13ClN2O3/c1-4-13-5(2)7(11)8(14)6(10(13)16)9(15)12-3/h14H,4H2,1-3H3,(H,12,15). The van der Waals surface area contributed by atoms with Crippen molar-refractivity contribution in [1.29, 1.82) is 0 Å². The molecular formula is C10H13ClN2O3. The summed E-state index contributed by atoms with van der Waals surface area (Å²) in [6.07, 6.45) is 0. The van der Waals surface area contributed by atoms with Gasteiger partial charge < -0.3 is 15.0 Å². The van der Waals surface area contributed by atoms with Crippen molar-refractivity contribution in [2.75, 3.05) is 7.05 Å². The Labute approximate surface area is 97.7 Å². The van der Waals surface area contributed by atoms with Crippen LogP contribution in [-0.2, 0) is 6.54 Å². The van der Waals surface area contributed by atoms with E-state index in [4.69, 9.17) is 11.6 Å². The molecule has 0 saturated carbocycles. The van der Waals surface area contributed by atoms with Crippen molar-refractivity contribution in [3.8, 4) is 5.75 Å². The fraction of sp³-hybridized carbons (Fsp3) is 0.400. The van der Waals surface area contributed by atoms with Gasteiger partial charge in [-0.2, -0.15) is 0 Å². The van der Waals surface area contributed by atoms with Crippen LogP contribution in [0, 0.1) is 6.92 Å². The molecule has 0 bridgehead atoms. The molecule has 16 heavy (non-hydrogen) atoms. The Hall–Kier alpha value is -1.49. The minimum Gasteiger partial charge on any atom is -0.505 e. The van der Waals surface area contributed by atoms with Gasteiger partial charge in [0.1, 0.15) is 10.6 Å². The van der Waals surface area contributed by atoms with Gasteiger partial charge in [-0.05, 0) is 13.8 Å². The first-order valence-electron chi connectivity index (χ1n) is 4.79. The molecule has 0 radical (unpaired) electrons. The lowest BCUT2D eigenvalue weighted by Crippen LogP contribution is -2.32. The Morgan fingerprint density at radius 3 is 2.56 bits per heavy atom. The molecular weight excluding hydrogens is 232 g/mol. The molecule has 1 aromatic rings. The number of aromatic nitrogens is 1. The lowest BCUT2D eigenvalue weighted by molar-refractivity contribution is 0.0958. The topological polar surface area (TPSA) is 71.3 Å². The average Bonchev–Trinajstić information content (AvgIpc) is 2.27. The van der Waals surface area contributed by atoms with Crippen LogP contribution >= 0.6 is 11.6 Å². The van der Waals surface area contributed by atoms with Crippen molar-refractivity contribution in [2.45, 2.75) is 20.4 Å². The first-order chi connectivity index (χ1) is 7.45. The summed E-state index contributed by atoms with van der Waals surface area (Å²) in [6, 6.07) is 0. The Kier molecular flexibility index (Phi) is 3.59. The summed E-state index contributed by atoms with van der Waals surface area (Å²) in [5.74, 6) is -1.11. The number of carbonyl (C=O) groups is 1. The molecule has 2 N–H and O–H groups in total. The smallest absolute Gasteiger partial charge is 0.267 e. The summed E-state index contributed by atoms with van der Waals surface area (Å²) in [6.45, 7) is 3.75. The molecule has 5 nitrogen and oxygen atoms in total. The molecule has 0 aliphatic heterocycles. The number of hydrogen-bond donors (Lipinski definition) is 2. The van der Waals surface area contributed by atoms with Crippen LogP contribution in [0.2, 0.25) is 5.02 Å². The van der Waals surface area contributed by atoms with Crippen molar-refractivity contribution < 1.29 is 9.90 Å². The molecule has 0 unspecified atom stereocenters. The lowest BCUT2D eigenvalue weighted by Gasteiger charge is -2.13. The second-order valence-corrected chi connectivity index (χ2v) is 3.63. The molecule has 6 heteroatoms. The molecule has 1 heterocycles. The number of aromatic hydroxyl groups is 1. The van der Waals surface area contributed by atoms with Gasteiger partial charge >= 0.3 is 0 Å². The summed E-state index contributed by atoms with van der Waals surface area (Å²) in [5, 5.41) is 12.0. The van der Waals surface area contributed by atoms with E-state index in [2.05, 4.69) is 5.32 Å². The number of amides is 1. The zero-order valence-electron chi connectivity index (χ0n) is 9.30. The number of nitrogens with zero attached hydrogens (tertiary/aromatic N) is 1. The molecule has 0 atom stereocenters. The molecule has 0 fully saturated rings. The monoisotopic (exact) mass is 244 g/mol.